The number of anilines is 1. The van der Waals surface area contributed by atoms with Crippen molar-refractivity contribution >= 4 is 29.9 Å². The van der Waals surface area contributed by atoms with Gasteiger partial charge >= 0.3 is 0 Å². The Balaban J connectivity index is 0.00000280. The Morgan fingerprint density at radius 2 is 1.79 bits per heavy atom. The first kappa shape index (κ1) is 21.9. The fourth-order valence-electron chi connectivity index (χ4n) is 3.53. The molecule has 1 fully saturated rings. The second kappa shape index (κ2) is 10.2. The molecule has 3 rings (SSSR count). The van der Waals surface area contributed by atoms with E-state index in [4.69, 9.17) is 5.73 Å². The van der Waals surface area contributed by atoms with E-state index in [1.807, 2.05) is 37.3 Å². The van der Waals surface area contributed by atoms with Crippen LogP contribution in [-0.2, 0) is 11.3 Å². The number of carbonyl (C=O) groups is 2. The van der Waals surface area contributed by atoms with Crippen molar-refractivity contribution in [3.8, 4) is 0 Å². The molecule has 1 saturated carbocycles. The summed E-state index contributed by atoms with van der Waals surface area (Å²) in [4.78, 5) is 25.0. The number of hydrogen-bond donors (Lipinski definition) is 3. The molecule has 0 saturated heterocycles. The van der Waals surface area contributed by atoms with Crippen molar-refractivity contribution < 1.29 is 9.59 Å². The maximum absolute atomic E-state index is 12.6. The third kappa shape index (κ3) is 5.81. The lowest BCUT2D eigenvalue weighted by Gasteiger charge is -2.16. The van der Waals surface area contributed by atoms with Gasteiger partial charge in [-0.15, -0.1) is 12.4 Å². The van der Waals surface area contributed by atoms with Crippen LogP contribution >= 0.6 is 12.4 Å². The highest BCUT2D eigenvalue weighted by atomic mass is 35.5. The molecule has 0 unspecified atom stereocenters. The van der Waals surface area contributed by atoms with Crippen molar-refractivity contribution in [1.82, 2.24) is 5.32 Å². The Bertz CT molecular complexity index is 808. The van der Waals surface area contributed by atoms with Crippen LogP contribution in [0.5, 0.6) is 0 Å². The molecule has 150 valence electrons. The van der Waals surface area contributed by atoms with Gasteiger partial charge in [-0.2, -0.15) is 0 Å². The Hall–Kier alpha value is -2.37. The number of nitrogens with two attached hydrogens (primary N) is 1. The predicted octanol–water partition coefficient (Wildman–Crippen LogP) is 3.80. The number of amides is 2. The van der Waals surface area contributed by atoms with Crippen LogP contribution in [0.25, 0.3) is 0 Å². The van der Waals surface area contributed by atoms with Crippen molar-refractivity contribution in [3.63, 3.8) is 0 Å². The molecule has 0 aliphatic heterocycles. The minimum absolute atomic E-state index is 0. The van der Waals surface area contributed by atoms with E-state index >= 15 is 0 Å². The highest BCUT2D eigenvalue weighted by molar-refractivity contribution is 6.03. The average Bonchev–Trinajstić information content (AvgIpc) is 3.06. The highest BCUT2D eigenvalue weighted by Gasteiger charge is 2.26. The molecular weight excluding hydrogens is 374 g/mol. The fourth-order valence-corrected chi connectivity index (χ4v) is 3.53. The Kier molecular flexibility index (Phi) is 8.03. The van der Waals surface area contributed by atoms with Crippen molar-refractivity contribution in [2.45, 2.75) is 45.2 Å². The van der Waals surface area contributed by atoms with Crippen LogP contribution in [0, 0.1) is 12.8 Å². The second-order valence-electron chi connectivity index (χ2n) is 7.32. The second-order valence-corrected chi connectivity index (χ2v) is 7.32. The number of rotatable bonds is 6. The van der Waals surface area contributed by atoms with Gasteiger partial charge in [0.05, 0.1) is 11.3 Å². The van der Waals surface area contributed by atoms with Gasteiger partial charge < -0.3 is 16.4 Å². The SMILES string of the molecule is Cc1ccc(CNC(=O)c2ccccc2NC(=O)C[C@@H]2CCC[C@H]2N)cc1.Cl. The van der Waals surface area contributed by atoms with Crippen molar-refractivity contribution in [1.29, 1.82) is 0 Å². The molecule has 4 N–H and O–H groups in total. The summed E-state index contributed by atoms with van der Waals surface area (Å²) < 4.78 is 0. The minimum atomic E-state index is -0.205. The first-order chi connectivity index (χ1) is 13.0. The molecule has 0 heterocycles. The lowest BCUT2D eigenvalue weighted by atomic mass is 9.99. The summed E-state index contributed by atoms with van der Waals surface area (Å²) in [6, 6.07) is 15.2. The summed E-state index contributed by atoms with van der Waals surface area (Å²) in [5.74, 6) is -0.0623. The first-order valence-electron chi connectivity index (χ1n) is 9.51. The van der Waals surface area contributed by atoms with Gasteiger partial charge in [-0.25, -0.2) is 0 Å². The van der Waals surface area contributed by atoms with Crippen LogP contribution in [0.15, 0.2) is 48.5 Å². The molecule has 6 heteroatoms. The van der Waals surface area contributed by atoms with E-state index in [0.717, 1.165) is 24.8 Å². The lowest BCUT2D eigenvalue weighted by Crippen LogP contribution is -2.29. The van der Waals surface area contributed by atoms with Crippen LogP contribution in [0.2, 0.25) is 0 Å². The number of nitrogens with one attached hydrogen (secondary N) is 2. The normalized spacial score (nSPS) is 18.2. The third-order valence-electron chi connectivity index (χ3n) is 5.18. The summed E-state index contributed by atoms with van der Waals surface area (Å²) in [5, 5.41) is 5.81. The monoisotopic (exact) mass is 401 g/mol. The predicted molar refractivity (Wildman–Crippen MR) is 115 cm³/mol. The molecule has 2 amide bonds. The first-order valence-corrected chi connectivity index (χ1v) is 9.51. The number of para-hydroxylation sites is 1. The van der Waals surface area contributed by atoms with E-state index in [9.17, 15) is 9.59 Å². The molecule has 2 aromatic carbocycles. The molecule has 0 radical (unpaired) electrons. The van der Waals surface area contributed by atoms with Gasteiger partial charge in [-0.05, 0) is 43.4 Å². The van der Waals surface area contributed by atoms with Gasteiger partial charge in [-0.3, -0.25) is 9.59 Å². The molecule has 1 aliphatic rings. The smallest absolute Gasteiger partial charge is 0.253 e. The maximum atomic E-state index is 12.6. The van der Waals surface area contributed by atoms with Gasteiger partial charge in [0.15, 0.2) is 0 Å². The van der Waals surface area contributed by atoms with E-state index in [0.29, 0.717) is 24.2 Å². The highest BCUT2D eigenvalue weighted by Crippen LogP contribution is 2.27. The summed E-state index contributed by atoms with van der Waals surface area (Å²) >= 11 is 0. The Morgan fingerprint density at radius 3 is 2.46 bits per heavy atom. The fraction of sp³-hybridized carbons (Fsp3) is 0.364. The van der Waals surface area contributed by atoms with Gasteiger partial charge in [0, 0.05) is 19.0 Å². The number of hydrogen-bond acceptors (Lipinski definition) is 3. The van der Waals surface area contributed by atoms with Crippen LogP contribution in [0.3, 0.4) is 0 Å². The maximum Gasteiger partial charge on any atom is 0.253 e. The van der Waals surface area contributed by atoms with E-state index in [2.05, 4.69) is 10.6 Å². The Morgan fingerprint density at radius 1 is 1.07 bits per heavy atom. The topological polar surface area (TPSA) is 84.2 Å². The van der Waals surface area contributed by atoms with Gasteiger partial charge in [0.1, 0.15) is 0 Å². The average molecular weight is 402 g/mol. The molecule has 2 atom stereocenters. The number of carbonyl (C=O) groups excluding carboxylic acids is 2. The van der Waals surface area contributed by atoms with E-state index in [1.54, 1.807) is 18.2 Å². The third-order valence-corrected chi connectivity index (χ3v) is 5.18. The molecule has 28 heavy (non-hydrogen) atoms. The summed E-state index contributed by atoms with van der Waals surface area (Å²) in [5.41, 5.74) is 9.28. The van der Waals surface area contributed by atoms with Crippen LogP contribution in [0.1, 0.15) is 47.2 Å². The summed E-state index contributed by atoms with van der Waals surface area (Å²) in [7, 11) is 0. The van der Waals surface area contributed by atoms with Crippen molar-refractivity contribution in [3.05, 3.63) is 65.2 Å². The standard InChI is InChI=1S/C22H27N3O2.ClH/c1-15-9-11-16(12-10-15)14-24-22(27)18-6-2-3-8-20(18)25-21(26)13-17-5-4-7-19(17)23;/h2-3,6,8-12,17,19H,4-5,7,13-14,23H2,1H3,(H,24,27)(H,25,26);1H/t17-,19+;/m0./s1. The van der Waals surface area contributed by atoms with Crippen LogP contribution < -0.4 is 16.4 Å². The Labute approximate surface area is 172 Å². The van der Waals surface area contributed by atoms with Gasteiger partial charge in [-0.1, -0.05) is 48.4 Å². The molecule has 1 aliphatic carbocycles. The van der Waals surface area contributed by atoms with Crippen molar-refractivity contribution in [2.75, 3.05) is 5.32 Å². The quantitative estimate of drug-likeness (QED) is 0.688. The van der Waals surface area contributed by atoms with Crippen molar-refractivity contribution in [2.24, 2.45) is 11.7 Å². The minimum Gasteiger partial charge on any atom is -0.348 e. The summed E-state index contributed by atoms with van der Waals surface area (Å²) in [6.45, 7) is 2.47. The zero-order valence-electron chi connectivity index (χ0n) is 16.1. The molecule has 5 nitrogen and oxygen atoms in total. The molecule has 2 aromatic rings. The molecular formula is C22H28ClN3O2. The van der Waals surface area contributed by atoms with Crippen LogP contribution in [-0.4, -0.2) is 17.9 Å². The molecule has 0 spiro atoms. The largest absolute Gasteiger partial charge is 0.348 e. The van der Waals surface area contributed by atoms with E-state index < -0.39 is 0 Å². The number of benzene rings is 2. The number of aryl methyl sites for hydroxylation is 1. The van der Waals surface area contributed by atoms with Gasteiger partial charge in [0.25, 0.3) is 5.91 Å². The number of halogens is 1. The molecule has 0 bridgehead atoms. The van der Waals surface area contributed by atoms with E-state index in [1.165, 1.54) is 5.56 Å². The zero-order chi connectivity index (χ0) is 19.2. The summed E-state index contributed by atoms with van der Waals surface area (Å²) in [6.07, 6.45) is 3.46. The van der Waals surface area contributed by atoms with E-state index in [-0.39, 0.29) is 36.2 Å². The molecule has 0 aromatic heterocycles. The van der Waals surface area contributed by atoms with Gasteiger partial charge in [0.2, 0.25) is 5.91 Å². The lowest BCUT2D eigenvalue weighted by molar-refractivity contribution is -0.117. The zero-order valence-corrected chi connectivity index (χ0v) is 16.9. The van der Waals surface area contributed by atoms with Crippen LogP contribution in [0.4, 0.5) is 5.69 Å².